The Balaban J connectivity index is 1.57. The van der Waals surface area contributed by atoms with Crippen LogP contribution in [0.25, 0.3) is 0 Å². The van der Waals surface area contributed by atoms with Crippen LogP contribution in [0, 0.1) is 0 Å². The third kappa shape index (κ3) is 4.16. The number of ether oxygens (including phenoxy) is 1. The fraction of sp³-hybridized carbons (Fsp3) is 0.435. The lowest BCUT2D eigenvalue weighted by molar-refractivity contribution is 0.0434. The van der Waals surface area contributed by atoms with E-state index in [9.17, 15) is 4.79 Å². The van der Waals surface area contributed by atoms with Crippen LogP contribution in [0.5, 0.6) is 5.75 Å². The normalized spacial score (nSPS) is 20.5. The molecule has 4 heteroatoms. The van der Waals surface area contributed by atoms with Crippen LogP contribution in [0.4, 0.5) is 0 Å². The topological polar surface area (TPSA) is 32.8 Å². The zero-order valence-electron chi connectivity index (χ0n) is 16.0. The summed E-state index contributed by atoms with van der Waals surface area (Å²) in [5.74, 6) is 0.781. The molecule has 1 amide bonds. The van der Waals surface area contributed by atoms with Crippen molar-refractivity contribution in [3.05, 3.63) is 65.7 Å². The molecule has 2 fully saturated rings. The molecule has 1 aliphatic heterocycles. The van der Waals surface area contributed by atoms with Crippen molar-refractivity contribution in [1.29, 1.82) is 0 Å². The summed E-state index contributed by atoms with van der Waals surface area (Å²) in [6, 6.07) is 19.1. The minimum absolute atomic E-state index is 0.0930. The number of carbonyl (C=O) groups excluding carboxylic acids is 1. The third-order valence-electron chi connectivity index (χ3n) is 5.57. The Hall–Kier alpha value is -2.33. The number of nitrogens with zero attached hydrogens (tertiary/aromatic N) is 2. The lowest BCUT2D eigenvalue weighted by Crippen LogP contribution is -2.56. The van der Waals surface area contributed by atoms with E-state index < -0.39 is 0 Å². The molecule has 1 saturated heterocycles. The molecule has 4 rings (SSSR count). The first-order chi connectivity index (χ1) is 13.3. The van der Waals surface area contributed by atoms with Gasteiger partial charge in [-0.25, -0.2) is 0 Å². The van der Waals surface area contributed by atoms with Crippen LogP contribution in [0.3, 0.4) is 0 Å². The summed E-state index contributed by atoms with van der Waals surface area (Å²) in [5.41, 5.74) is 1.97. The Bertz CT molecular complexity index is 773. The molecule has 0 N–H and O–H groups in total. The number of amides is 1. The van der Waals surface area contributed by atoms with Gasteiger partial charge < -0.3 is 9.64 Å². The van der Waals surface area contributed by atoms with Crippen molar-refractivity contribution >= 4 is 5.91 Å². The van der Waals surface area contributed by atoms with Gasteiger partial charge in [0.05, 0.1) is 12.2 Å². The molecule has 0 radical (unpaired) electrons. The second-order valence-corrected chi connectivity index (χ2v) is 7.50. The molecular formula is C23H28N2O2. The fourth-order valence-corrected chi connectivity index (χ4v) is 4.06. The molecule has 0 bridgehead atoms. The first-order valence-corrected chi connectivity index (χ1v) is 10.1. The van der Waals surface area contributed by atoms with Crippen molar-refractivity contribution in [1.82, 2.24) is 9.80 Å². The molecule has 1 unspecified atom stereocenters. The van der Waals surface area contributed by atoms with E-state index in [0.29, 0.717) is 17.9 Å². The number of hydrogen-bond acceptors (Lipinski definition) is 3. The molecule has 0 spiro atoms. The van der Waals surface area contributed by atoms with E-state index in [1.165, 1.54) is 18.4 Å². The predicted molar refractivity (Wildman–Crippen MR) is 107 cm³/mol. The second kappa shape index (κ2) is 8.13. The number of benzene rings is 2. The lowest BCUT2D eigenvalue weighted by atomic mass is 10.0. The van der Waals surface area contributed by atoms with Gasteiger partial charge in [-0.3, -0.25) is 9.69 Å². The maximum absolute atomic E-state index is 13.4. The molecule has 2 aliphatic rings. The summed E-state index contributed by atoms with van der Waals surface area (Å²) in [6.07, 6.45) is 3.50. The molecule has 27 heavy (non-hydrogen) atoms. The summed E-state index contributed by atoms with van der Waals surface area (Å²) < 4.78 is 5.71. The largest absolute Gasteiger partial charge is 0.493 e. The van der Waals surface area contributed by atoms with Gasteiger partial charge in [-0.2, -0.15) is 0 Å². The maximum Gasteiger partial charge on any atom is 0.257 e. The highest BCUT2D eigenvalue weighted by Gasteiger charge is 2.37. The third-order valence-corrected chi connectivity index (χ3v) is 5.57. The van der Waals surface area contributed by atoms with Gasteiger partial charge >= 0.3 is 0 Å². The minimum atomic E-state index is 0.0930. The van der Waals surface area contributed by atoms with Gasteiger partial charge in [0.15, 0.2) is 0 Å². The summed E-state index contributed by atoms with van der Waals surface area (Å²) in [5, 5.41) is 0. The van der Waals surface area contributed by atoms with E-state index in [-0.39, 0.29) is 11.9 Å². The second-order valence-electron chi connectivity index (χ2n) is 7.50. The Morgan fingerprint density at radius 1 is 1.04 bits per heavy atom. The van der Waals surface area contributed by atoms with Crippen LogP contribution >= 0.6 is 0 Å². The van der Waals surface area contributed by atoms with Crippen LogP contribution in [0.15, 0.2) is 54.6 Å². The van der Waals surface area contributed by atoms with E-state index in [2.05, 4.69) is 34.1 Å². The molecule has 0 aromatic heterocycles. The Morgan fingerprint density at radius 2 is 1.78 bits per heavy atom. The quantitative estimate of drug-likeness (QED) is 0.785. The molecular weight excluding hydrogens is 336 g/mol. The minimum Gasteiger partial charge on any atom is -0.493 e. The monoisotopic (exact) mass is 364 g/mol. The van der Waals surface area contributed by atoms with Gasteiger partial charge in [0.2, 0.25) is 0 Å². The average Bonchev–Trinajstić information content (AvgIpc) is 3.54. The number of hydrogen-bond donors (Lipinski definition) is 0. The molecule has 2 aromatic rings. The van der Waals surface area contributed by atoms with Crippen molar-refractivity contribution in [3.8, 4) is 5.75 Å². The standard InChI is InChI=1S/C23H28N2O2/c1-2-27-22-11-7-6-10-21(22)23(26)25-15-14-24(19-12-13-19)17-20(25)16-18-8-4-3-5-9-18/h3-11,19-20H,2,12-17H2,1H3. The summed E-state index contributed by atoms with van der Waals surface area (Å²) in [4.78, 5) is 18.1. The number of para-hydroxylation sites is 1. The number of rotatable bonds is 6. The zero-order chi connectivity index (χ0) is 18.6. The number of carbonyl (C=O) groups is 1. The van der Waals surface area contributed by atoms with Crippen LogP contribution < -0.4 is 4.74 Å². The molecule has 4 nitrogen and oxygen atoms in total. The van der Waals surface area contributed by atoms with E-state index in [0.717, 1.165) is 32.1 Å². The van der Waals surface area contributed by atoms with Crippen molar-refractivity contribution in [3.63, 3.8) is 0 Å². The highest BCUT2D eigenvalue weighted by Crippen LogP contribution is 2.31. The molecule has 1 aliphatic carbocycles. The van der Waals surface area contributed by atoms with Crippen molar-refractivity contribution in [2.75, 3.05) is 26.2 Å². The van der Waals surface area contributed by atoms with Gasteiger partial charge in [-0.05, 0) is 43.9 Å². The Morgan fingerprint density at radius 3 is 2.52 bits per heavy atom. The van der Waals surface area contributed by atoms with Crippen LogP contribution in [0.2, 0.25) is 0 Å². The molecule has 1 atom stereocenters. The SMILES string of the molecule is CCOc1ccccc1C(=O)N1CCN(C2CC2)CC1Cc1ccccc1. The van der Waals surface area contributed by atoms with Crippen molar-refractivity contribution in [2.24, 2.45) is 0 Å². The van der Waals surface area contributed by atoms with E-state index >= 15 is 0 Å². The Kier molecular flexibility index (Phi) is 5.44. The first kappa shape index (κ1) is 18.1. The van der Waals surface area contributed by atoms with Gasteiger partial charge in [-0.15, -0.1) is 0 Å². The summed E-state index contributed by atoms with van der Waals surface area (Å²) in [7, 11) is 0. The number of piperazine rings is 1. The van der Waals surface area contributed by atoms with E-state index in [4.69, 9.17) is 4.74 Å². The molecule has 1 saturated carbocycles. The molecule has 2 aromatic carbocycles. The zero-order valence-corrected chi connectivity index (χ0v) is 16.0. The maximum atomic E-state index is 13.4. The van der Waals surface area contributed by atoms with E-state index in [1.54, 1.807) is 0 Å². The van der Waals surface area contributed by atoms with Crippen molar-refractivity contribution in [2.45, 2.75) is 38.3 Å². The van der Waals surface area contributed by atoms with Gasteiger partial charge in [0.25, 0.3) is 5.91 Å². The van der Waals surface area contributed by atoms with Gasteiger partial charge in [0, 0.05) is 31.7 Å². The highest BCUT2D eigenvalue weighted by atomic mass is 16.5. The van der Waals surface area contributed by atoms with Crippen LogP contribution in [-0.4, -0.2) is 54.0 Å². The summed E-state index contributed by atoms with van der Waals surface area (Å²) >= 11 is 0. The summed E-state index contributed by atoms with van der Waals surface area (Å²) in [6.45, 7) is 5.23. The lowest BCUT2D eigenvalue weighted by Gasteiger charge is -2.42. The Labute approximate surface area is 161 Å². The fourth-order valence-electron chi connectivity index (χ4n) is 4.06. The van der Waals surface area contributed by atoms with Crippen molar-refractivity contribution < 1.29 is 9.53 Å². The smallest absolute Gasteiger partial charge is 0.257 e. The molecule has 142 valence electrons. The van der Waals surface area contributed by atoms with Crippen LogP contribution in [-0.2, 0) is 6.42 Å². The highest BCUT2D eigenvalue weighted by molar-refractivity contribution is 5.97. The predicted octanol–water partition coefficient (Wildman–Crippen LogP) is 3.62. The van der Waals surface area contributed by atoms with E-state index in [1.807, 2.05) is 37.3 Å². The molecule has 1 heterocycles. The van der Waals surface area contributed by atoms with Crippen LogP contribution in [0.1, 0.15) is 35.7 Å². The van der Waals surface area contributed by atoms with Gasteiger partial charge in [0.1, 0.15) is 5.75 Å². The first-order valence-electron chi connectivity index (χ1n) is 10.1. The van der Waals surface area contributed by atoms with Gasteiger partial charge in [-0.1, -0.05) is 42.5 Å². The average molecular weight is 364 g/mol.